The molecule has 0 saturated heterocycles. The summed E-state index contributed by atoms with van der Waals surface area (Å²) >= 11 is 9.34. The van der Waals surface area contributed by atoms with Crippen LogP contribution >= 0.6 is 27.5 Å². The molecule has 1 heterocycles. The molecule has 1 aromatic heterocycles. The first-order valence-corrected chi connectivity index (χ1v) is 5.00. The Morgan fingerprint density at radius 3 is 2.79 bits per heavy atom. The lowest BCUT2D eigenvalue weighted by atomic mass is 10.2. The molecule has 0 saturated carbocycles. The lowest BCUT2D eigenvalue weighted by molar-refractivity contribution is 0.581. The van der Waals surface area contributed by atoms with Crippen LogP contribution in [0.25, 0.3) is 11.3 Å². The molecule has 0 aliphatic carbocycles. The number of oxazole rings is 1. The number of nitrogens with two attached hydrogens (primary N) is 1. The zero-order valence-electron chi connectivity index (χ0n) is 7.00. The van der Waals surface area contributed by atoms with Gasteiger partial charge in [0.25, 0.3) is 6.01 Å². The summed E-state index contributed by atoms with van der Waals surface area (Å²) in [5, 5.41) is 0.604. The highest BCUT2D eigenvalue weighted by atomic mass is 79.9. The molecule has 2 aromatic rings. The van der Waals surface area contributed by atoms with E-state index in [1.54, 1.807) is 6.07 Å². The SMILES string of the molecule is Nc1nc(-c2ccc(Br)cc2Cl)co1. The third-order valence-electron chi connectivity index (χ3n) is 1.73. The Labute approximate surface area is 94.0 Å². The fraction of sp³-hybridized carbons (Fsp3) is 0. The van der Waals surface area contributed by atoms with Crippen LogP contribution < -0.4 is 5.73 Å². The van der Waals surface area contributed by atoms with E-state index in [-0.39, 0.29) is 6.01 Å². The van der Waals surface area contributed by atoms with Crippen LogP contribution in [-0.2, 0) is 0 Å². The van der Waals surface area contributed by atoms with Crippen LogP contribution in [0, 0.1) is 0 Å². The molecule has 0 atom stereocenters. The molecule has 0 spiro atoms. The van der Waals surface area contributed by atoms with E-state index in [4.69, 9.17) is 21.8 Å². The number of nitrogen functional groups attached to an aromatic ring is 1. The number of nitrogens with zero attached hydrogens (tertiary/aromatic N) is 1. The van der Waals surface area contributed by atoms with Crippen molar-refractivity contribution < 1.29 is 4.42 Å². The first kappa shape index (κ1) is 9.55. The molecular formula is C9H6BrClN2O. The van der Waals surface area contributed by atoms with Gasteiger partial charge in [-0.15, -0.1) is 0 Å². The van der Waals surface area contributed by atoms with Crippen molar-refractivity contribution in [1.29, 1.82) is 0 Å². The topological polar surface area (TPSA) is 52.0 Å². The summed E-state index contributed by atoms with van der Waals surface area (Å²) in [4.78, 5) is 3.98. The van der Waals surface area contributed by atoms with E-state index in [1.807, 2.05) is 12.1 Å². The number of halogens is 2. The number of rotatable bonds is 1. The molecule has 0 aliphatic heterocycles. The molecule has 0 bridgehead atoms. The van der Waals surface area contributed by atoms with E-state index in [9.17, 15) is 0 Å². The lowest BCUT2D eigenvalue weighted by Gasteiger charge is -1.99. The average Bonchev–Trinajstić information content (AvgIpc) is 2.51. The highest BCUT2D eigenvalue weighted by molar-refractivity contribution is 9.10. The molecule has 0 fully saturated rings. The van der Waals surface area contributed by atoms with Gasteiger partial charge in [0.15, 0.2) is 0 Å². The molecule has 1 aromatic carbocycles. The second-order valence-corrected chi connectivity index (χ2v) is 4.02. The number of hydrogen-bond acceptors (Lipinski definition) is 3. The van der Waals surface area contributed by atoms with Crippen molar-refractivity contribution in [2.24, 2.45) is 0 Å². The minimum Gasteiger partial charge on any atom is -0.432 e. The van der Waals surface area contributed by atoms with Gasteiger partial charge in [0, 0.05) is 10.0 Å². The van der Waals surface area contributed by atoms with Gasteiger partial charge in [0.2, 0.25) is 0 Å². The van der Waals surface area contributed by atoms with Crippen LogP contribution in [-0.4, -0.2) is 4.98 Å². The zero-order chi connectivity index (χ0) is 10.1. The maximum absolute atomic E-state index is 6.02. The van der Waals surface area contributed by atoms with Crippen molar-refractivity contribution in [3.8, 4) is 11.3 Å². The Balaban J connectivity index is 2.52. The van der Waals surface area contributed by atoms with Crippen molar-refractivity contribution in [1.82, 2.24) is 4.98 Å². The van der Waals surface area contributed by atoms with Crippen LogP contribution in [0.15, 0.2) is 33.4 Å². The molecule has 14 heavy (non-hydrogen) atoms. The van der Waals surface area contributed by atoms with Crippen LogP contribution in [0.3, 0.4) is 0 Å². The lowest BCUT2D eigenvalue weighted by Crippen LogP contribution is -1.84. The average molecular weight is 274 g/mol. The Hall–Kier alpha value is -1.00. The van der Waals surface area contributed by atoms with Gasteiger partial charge in [-0.3, -0.25) is 0 Å². The van der Waals surface area contributed by atoms with Gasteiger partial charge in [-0.2, -0.15) is 4.98 Å². The van der Waals surface area contributed by atoms with Crippen LogP contribution in [0.4, 0.5) is 6.01 Å². The number of benzene rings is 1. The summed E-state index contributed by atoms with van der Waals surface area (Å²) in [7, 11) is 0. The van der Waals surface area contributed by atoms with E-state index in [2.05, 4.69) is 20.9 Å². The highest BCUT2D eigenvalue weighted by Crippen LogP contribution is 2.29. The van der Waals surface area contributed by atoms with Gasteiger partial charge in [0.1, 0.15) is 12.0 Å². The van der Waals surface area contributed by atoms with Gasteiger partial charge in [-0.05, 0) is 12.1 Å². The Morgan fingerprint density at radius 1 is 1.43 bits per heavy atom. The maximum Gasteiger partial charge on any atom is 0.292 e. The van der Waals surface area contributed by atoms with Crippen molar-refractivity contribution in [2.75, 3.05) is 5.73 Å². The molecular weight excluding hydrogens is 267 g/mol. The molecule has 0 aliphatic rings. The Kier molecular flexibility index (Phi) is 2.48. The summed E-state index contributed by atoms with van der Waals surface area (Å²) < 4.78 is 5.82. The highest BCUT2D eigenvalue weighted by Gasteiger charge is 2.07. The van der Waals surface area contributed by atoms with Crippen molar-refractivity contribution in [2.45, 2.75) is 0 Å². The first-order chi connectivity index (χ1) is 6.66. The fourth-order valence-corrected chi connectivity index (χ4v) is 1.88. The minimum atomic E-state index is 0.138. The normalized spacial score (nSPS) is 10.4. The molecule has 3 nitrogen and oxygen atoms in total. The van der Waals surface area contributed by atoms with Crippen LogP contribution in [0.5, 0.6) is 0 Å². The van der Waals surface area contributed by atoms with Gasteiger partial charge in [-0.25, -0.2) is 0 Å². The van der Waals surface area contributed by atoms with Crippen molar-refractivity contribution in [3.05, 3.63) is 34.0 Å². The maximum atomic E-state index is 6.02. The van der Waals surface area contributed by atoms with Crippen LogP contribution in [0.2, 0.25) is 5.02 Å². The van der Waals surface area contributed by atoms with E-state index < -0.39 is 0 Å². The standard InChI is InChI=1S/C9H6BrClN2O/c10-5-1-2-6(7(11)3-5)8-4-14-9(12)13-8/h1-4H,(H2,12,13). The molecule has 2 rings (SSSR count). The van der Waals surface area contributed by atoms with Gasteiger partial charge >= 0.3 is 0 Å². The van der Waals surface area contributed by atoms with Crippen molar-refractivity contribution in [3.63, 3.8) is 0 Å². The summed E-state index contributed by atoms with van der Waals surface area (Å²) in [5.74, 6) is 0. The molecule has 0 amide bonds. The molecule has 5 heteroatoms. The Bertz CT molecular complexity index is 470. The van der Waals surface area contributed by atoms with E-state index in [0.717, 1.165) is 10.0 Å². The second kappa shape index (κ2) is 3.63. The quantitative estimate of drug-likeness (QED) is 0.867. The largest absolute Gasteiger partial charge is 0.432 e. The zero-order valence-corrected chi connectivity index (χ0v) is 9.34. The predicted molar refractivity (Wildman–Crippen MR) is 59.1 cm³/mol. The third kappa shape index (κ3) is 1.76. The van der Waals surface area contributed by atoms with E-state index >= 15 is 0 Å². The summed E-state index contributed by atoms with van der Waals surface area (Å²) in [6.45, 7) is 0. The molecule has 72 valence electrons. The molecule has 2 N–H and O–H groups in total. The smallest absolute Gasteiger partial charge is 0.292 e. The minimum absolute atomic E-state index is 0.138. The van der Waals surface area contributed by atoms with Gasteiger partial charge in [-0.1, -0.05) is 33.6 Å². The molecule has 0 radical (unpaired) electrons. The predicted octanol–water partition coefficient (Wildman–Crippen LogP) is 3.34. The number of anilines is 1. The Morgan fingerprint density at radius 2 is 2.21 bits per heavy atom. The summed E-state index contributed by atoms with van der Waals surface area (Å²) in [5.41, 5.74) is 6.81. The number of hydrogen-bond donors (Lipinski definition) is 1. The van der Waals surface area contributed by atoms with Gasteiger partial charge < -0.3 is 10.2 Å². The third-order valence-corrected chi connectivity index (χ3v) is 2.53. The van der Waals surface area contributed by atoms with E-state index in [0.29, 0.717) is 10.7 Å². The van der Waals surface area contributed by atoms with Crippen molar-refractivity contribution >= 4 is 33.5 Å². The summed E-state index contributed by atoms with van der Waals surface area (Å²) in [6, 6.07) is 5.66. The number of aromatic nitrogens is 1. The monoisotopic (exact) mass is 272 g/mol. The molecule has 0 unspecified atom stereocenters. The van der Waals surface area contributed by atoms with E-state index in [1.165, 1.54) is 6.26 Å². The fourth-order valence-electron chi connectivity index (χ4n) is 1.11. The van der Waals surface area contributed by atoms with Gasteiger partial charge in [0.05, 0.1) is 5.02 Å². The second-order valence-electron chi connectivity index (χ2n) is 2.70. The van der Waals surface area contributed by atoms with Crippen LogP contribution in [0.1, 0.15) is 0 Å². The summed E-state index contributed by atoms with van der Waals surface area (Å²) in [6.07, 6.45) is 1.48. The first-order valence-electron chi connectivity index (χ1n) is 3.83.